The molecule has 0 heterocycles. The fourth-order valence-electron chi connectivity index (χ4n) is 2.86. The molecule has 1 rings (SSSR count). The number of allylic oxidation sites excluding steroid dienone is 7. The minimum atomic E-state index is -0.286. The van der Waals surface area contributed by atoms with Crippen LogP contribution >= 0.6 is 0 Å². The van der Waals surface area contributed by atoms with Crippen molar-refractivity contribution < 1.29 is 9.53 Å². The number of esters is 1. The zero-order chi connectivity index (χ0) is 16.8. The molecule has 0 unspecified atom stereocenters. The van der Waals surface area contributed by atoms with E-state index in [-0.39, 0.29) is 11.4 Å². The van der Waals surface area contributed by atoms with E-state index in [1.165, 1.54) is 42.1 Å². The van der Waals surface area contributed by atoms with Crippen LogP contribution in [0.25, 0.3) is 0 Å². The van der Waals surface area contributed by atoms with Gasteiger partial charge in [0, 0.05) is 6.08 Å². The SMILES string of the molecule is CCOC(=O)/C=C/[13C](C)=C(C)/C=C/C1=C(C)CCCC1(C)C. The van der Waals surface area contributed by atoms with Gasteiger partial charge in [0.2, 0.25) is 0 Å². The van der Waals surface area contributed by atoms with Crippen LogP contribution in [0.2, 0.25) is 0 Å². The smallest absolute Gasteiger partial charge is 0.330 e. The quantitative estimate of drug-likeness (QED) is 0.289. The molecular weight excluding hydrogens is 273 g/mol. The van der Waals surface area contributed by atoms with E-state index in [0.717, 1.165) is 5.57 Å². The number of rotatable bonds is 5. The van der Waals surface area contributed by atoms with Crippen LogP contribution < -0.4 is 0 Å². The predicted molar refractivity (Wildman–Crippen MR) is 93.6 cm³/mol. The van der Waals surface area contributed by atoms with Crippen molar-refractivity contribution in [3.63, 3.8) is 0 Å². The third kappa shape index (κ3) is 5.32. The van der Waals surface area contributed by atoms with Gasteiger partial charge in [-0.05, 0) is 69.1 Å². The van der Waals surface area contributed by atoms with Crippen molar-refractivity contribution in [2.75, 3.05) is 6.61 Å². The topological polar surface area (TPSA) is 26.3 Å². The summed E-state index contributed by atoms with van der Waals surface area (Å²) >= 11 is 0. The van der Waals surface area contributed by atoms with E-state index in [4.69, 9.17) is 4.74 Å². The number of ether oxygens (including phenoxy) is 1. The van der Waals surface area contributed by atoms with Crippen LogP contribution in [0.3, 0.4) is 0 Å². The van der Waals surface area contributed by atoms with Crippen molar-refractivity contribution >= 4 is 5.97 Å². The summed E-state index contributed by atoms with van der Waals surface area (Å²) in [6.07, 6.45) is 11.5. The first-order chi connectivity index (χ1) is 10.3. The maximum atomic E-state index is 11.3. The third-order valence-electron chi connectivity index (χ3n) is 4.42. The second-order valence-corrected chi connectivity index (χ2v) is 6.72. The van der Waals surface area contributed by atoms with Crippen LogP contribution in [0.4, 0.5) is 0 Å². The lowest BCUT2D eigenvalue weighted by atomic mass is 9.72. The highest BCUT2D eigenvalue weighted by atomic mass is 16.5. The van der Waals surface area contributed by atoms with Crippen LogP contribution in [0.1, 0.15) is 60.8 Å². The number of carbonyl (C=O) groups is 1. The number of hydrogen-bond acceptors (Lipinski definition) is 2. The standard InChI is InChI=1S/C20H30O2/c1-7-22-19(21)13-11-16(3)15(2)10-12-18-17(4)9-8-14-20(18,5)6/h10-13H,7-9,14H2,1-6H3/b12-10+,13-11+,16-15+/i16+1. The second kappa shape index (κ2) is 8.17. The molecule has 1 aliphatic rings. The Bertz CT molecular complexity index is 528. The molecule has 0 radical (unpaired) electrons. The molecule has 0 aromatic heterocycles. The van der Waals surface area contributed by atoms with Gasteiger partial charge in [-0.3, -0.25) is 0 Å². The Hall–Kier alpha value is -1.57. The average Bonchev–Trinajstić information content (AvgIpc) is 2.43. The van der Waals surface area contributed by atoms with Crippen molar-refractivity contribution in [2.45, 2.75) is 60.8 Å². The molecule has 0 saturated heterocycles. The van der Waals surface area contributed by atoms with Crippen LogP contribution in [-0.4, -0.2) is 12.6 Å². The summed E-state index contributed by atoms with van der Waals surface area (Å²) in [5.74, 6) is -0.286. The van der Waals surface area contributed by atoms with E-state index in [1.807, 2.05) is 19.9 Å². The molecule has 0 spiro atoms. The highest BCUT2D eigenvalue weighted by Crippen LogP contribution is 2.40. The molecule has 0 saturated carbocycles. The highest BCUT2D eigenvalue weighted by Gasteiger charge is 2.26. The molecule has 1 aliphatic carbocycles. The molecular formula is C20H30O2. The van der Waals surface area contributed by atoms with Gasteiger partial charge in [-0.25, -0.2) is 4.79 Å². The normalized spacial score (nSPS) is 19.7. The monoisotopic (exact) mass is 303 g/mol. The molecule has 22 heavy (non-hydrogen) atoms. The third-order valence-corrected chi connectivity index (χ3v) is 4.42. The van der Waals surface area contributed by atoms with Crippen molar-refractivity contribution in [2.24, 2.45) is 5.41 Å². The van der Waals surface area contributed by atoms with Crippen LogP contribution in [0, 0.1) is 5.41 Å². The van der Waals surface area contributed by atoms with Crippen LogP contribution in [-0.2, 0) is 9.53 Å². The van der Waals surface area contributed by atoms with Crippen LogP contribution in [0.15, 0.2) is 46.6 Å². The van der Waals surface area contributed by atoms with E-state index in [9.17, 15) is 4.79 Å². The summed E-state index contributed by atoms with van der Waals surface area (Å²) in [4.78, 5) is 11.3. The summed E-state index contributed by atoms with van der Waals surface area (Å²) in [7, 11) is 0. The molecule has 0 amide bonds. The van der Waals surface area contributed by atoms with Gasteiger partial charge >= 0.3 is 5.97 Å². The van der Waals surface area contributed by atoms with E-state index in [0.29, 0.717) is 6.61 Å². The van der Waals surface area contributed by atoms with E-state index in [1.54, 1.807) is 0 Å². The molecule has 0 aromatic carbocycles. The van der Waals surface area contributed by atoms with Gasteiger partial charge in [0.25, 0.3) is 0 Å². The molecule has 0 fully saturated rings. The average molecular weight is 303 g/mol. The summed E-state index contributed by atoms with van der Waals surface area (Å²) in [5.41, 5.74) is 5.46. The zero-order valence-corrected chi connectivity index (χ0v) is 15.0. The largest absolute Gasteiger partial charge is 0.463 e. The van der Waals surface area contributed by atoms with Crippen molar-refractivity contribution in [3.8, 4) is 0 Å². The molecule has 0 aromatic rings. The minimum absolute atomic E-state index is 0.258. The van der Waals surface area contributed by atoms with Crippen molar-refractivity contribution in [1.29, 1.82) is 0 Å². The molecule has 0 atom stereocenters. The van der Waals surface area contributed by atoms with Crippen molar-refractivity contribution in [3.05, 3.63) is 46.6 Å². The lowest BCUT2D eigenvalue weighted by Gasteiger charge is -2.33. The molecule has 0 bridgehead atoms. The first-order valence-electron chi connectivity index (χ1n) is 8.18. The Balaban J connectivity index is 2.88. The van der Waals surface area contributed by atoms with Crippen LogP contribution in [0.5, 0.6) is 0 Å². The van der Waals surface area contributed by atoms with Gasteiger partial charge in [0.05, 0.1) is 6.61 Å². The molecule has 2 heteroatoms. The highest BCUT2D eigenvalue weighted by molar-refractivity contribution is 5.82. The lowest BCUT2D eigenvalue weighted by molar-refractivity contribution is -0.137. The van der Waals surface area contributed by atoms with Crippen molar-refractivity contribution in [1.82, 2.24) is 0 Å². The summed E-state index contributed by atoms with van der Waals surface area (Å²) in [6, 6.07) is 0. The predicted octanol–water partition coefficient (Wildman–Crippen LogP) is 5.52. The maximum Gasteiger partial charge on any atom is 0.330 e. The molecule has 0 N–H and O–H groups in total. The second-order valence-electron chi connectivity index (χ2n) is 6.72. The van der Waals surface area contributed by atoms with Gasteiger partial charge in [0.15, 0.2) is 0 Å². The summed E-state index contributed by atoms with van der Waals surface area (Å²) in [6.45, 7) is 13.2. The Morgan fingerprint density at radius 3 is 2.41 bits per heavy atom. The lowest BCUT2D eigenvalue weighted by Crippen LogP contribution is -2.19. The summed E-state index contributed by atoms with van der Waals surface area (Å²) < 4.78 is 4.89. The molecule has 2 nitrogen and oxygen atoms in total. The maximum absolute atomic E-state index is 11.3. The Kier molecular flexibility index (Phi) is 6.86. The van der Waals surface area contributed by atoms with Gasteiger partial charge in [0.1, 0.15) is 0 Å². The Labute approximate surface area is 135 Å². The molecule has 0 aliphatic heterocycles. The fourth-order valence-corrected chi connectivity index (χ4v) is 2.86. The van der Waals surface area contributed by atoms with E-state index >= 15 is 0 Å². The zero-order valence-electron chi connectivity index (χ0n) is 15.0. The summed E-state index contributed by atoms with van der Waals surface area (Å²) in [5, 5.41) is 0. The van der Waals surface area contributed by atoms with Gasteiger partial charge in [-0.1, -0.05) is 37.6 Å². The number of hydrogen-bond donors (Lipinski definition) is 0. The first-order valence-corrected chi connectivity index (χ1v) is 8.18. The Morgan fingerprint density at radius 1 is 1.18 bits per heavy atom. The number of carbonyl (C=O) groups excluding carboxylic acids is 1. The Morgan fingerprint density at radius 2 is 1.82 bits per heavy atom. The van der Waals surface area contributed by atoms with Gasteiger partial charge < -0.3 is 4.74 Å². The first kappa shape index (κ1) is 18.5. The van der Waals surface area contributed by atoms with Gasteiger partial charge in [-0.2, -0.15) is 0 Å². The molecule has 122 valence electrons. The minimum Gasteiger partial charge on any atom is -0.463 e. The van der Waals surface area contributed by atoms with E-state index in [2.05, 4.69) is 39.8 Å². The van der Waals surface area contributed by atoms with Gasteiger partial charge in [-0.15, -0.1) is 0 Å². The van der Waals surface area contributed by atoms with E-state index < -0.39 is 0 Å². The fraction of sp³-hybridized carbons (Fsp3) is 0.550.